The van der Waals surface area contributed by atoms with Crippen molar-refractivity contribution < 1.29 is 17.9 Å². The van der Waals surface area contributed by atoms with Crippen LogP contribution in [-0.4, -0.2) is 46.0 Å². The van der Waals surface area contributed by atoms with Gasteiger partial charge in [-0.1, -0.05) is 23.7 Å². The van der Waals surface area contributed by atoms with Gasteiger partial charge in [0.25, 0.3) is 5.91 Å². The number of carbonyl (C=O) groups excluding carboxylic acids is 1. The fourth-order valence-electron chi connectivity index (χ4n) is 1.74. The van der Waals surface area contributed by atoms with Crippen molar-refractivity contribution >= 4 is 27.5 Å². The van der Waals surface area contributed by atoms with E-state index in [0.29, 0.717) is 6.61 Å². The summed E-state index contributed by atoms with van der Waals surface area (Å²) in [6, 6.07) is 4.11. The maximum Gasteiger partial charge on any atom is 0.257 e. The van der Waals surface area contributed by atoms with E-state index in [1.807, 2.05) is 0 Å². The van der Waals surface area contributed by atoms with Crippen molar-refractivity contribution in [2.24, 2.45) is 5.14 Å². The summed E-state index contributed by atoms with van der Waals surface area (Å²) in [4.78, 5) is 13.6. The Hall–Kier alpha value is -1.41. The molecule has 0 aliphatic carbocycles. The lowest BCUT2D eigenvalue weighted by Gasteiger charge is -2.22. The third-order valence-corrected chi connectivity index (χ3v) is 3.97. The van der Waals surface area contributed by atoms with E-state index < -0.39 is 15.9 Å². The van der Waals surface area contributed by atoms with E-state index in [4.69, 9.17) is 21.5 Å². The number of carbonyl (C=O) groups is 1. The second kappa shape index (κ2) is 7.56. The van der Waals surface area contributed by atoms with Gasteiger partial charge in [0.1, 0.15) is 0 Å². The molecule has 0 spiro atoms. The first kappa shape index (κ1) is 17.6. The first-order valence-corrected chi connectivity index (χ1v) is 7.95. The normalized spacial score (nSPS) is 11.2. The number of hydrogen-bond donors (Lipinski definition) is 1. The third kappa shape index (κ3) is 4.53. The largest absolute Gasteiger partial charge is 0.383 e. The van der Waals surface area contributed by atoms with E-state index in [2.05, 4.69) is 6.58 Å². The quantitative estimate of drug-likeness (QED) is 0.761. The van der Waals surface area contributed by atoms with Crippen LogP contribution in [0.2, 0.25) is 5.02 Å². The number of ether oxygens (including phenoxy) is 1. The van der Waals surface area contributed by atoms with E-state index in [1.54, 1.807) is 0 Å². The lowest BCUT2D eigenvalue weighted by Crippen LogP contribution is -2.35. The fourth-order valence-corrected chi connectivity index (χ4v) is 2.80. The lowest BCUT2D eigenvalue weighted by molar-refractivity contribution is 0.0714. The van der Waals surface area contributed by atoms with Gasteiger partial charge in [-0.2, -0.15) is 0 Å². The molecular weight excluding hydrogens is 316 g/mol. The van der Waals surface area contributed by atoms with Crippen molar-refractivity contribution in [3.8, 4) is 0 Å². The van der Waals surface area contributed by atoms with Crippen LogP contribution in [0.3, 0.4) is 0 Å². The molecule has 0 aromatic heterocycles. The average Bonchev–Trinajstić information content (AvgIpc) is 2.41. The van der Waals surface area contributed by atoms with E-state index in [0.717, 1.165) is 0 Å². The topological polar surface area (TPSA) is 89.7 Å². The van der Waals surface area contributed by atoms with Crippen LogP contribution in [0.4, 0.5) is 0 Å². The summed E-state index contributed by atoms with van der Waals surface area (Å²) >= 11 is 5.98. The fraction of sp³-hybridized carbons (Fsp3) is 0.308. The number of nitrogens with zero attached hydrogens (tertiary/aromatic N) is 1. The Balaban J connectivity index is 3.30. The molecule has 1 rings (SSSR count). The summed E-state index contributed by atoms with van der Waals surface area (Å²) in [6.45, 7) is 4.38. The van der Waals surface area contributed by atoms with Crippen molar-refractivity contribution in [2.75, 3.05) is 26.8 Å². The minimum Gasteiger partial charge on any atom is -0.383 e. The van der Waals surface area contributed by atoms with Crippen molar-refractivity contribution in [3.63, 3.8) is 0 Å². The standard InChI is InChI=1S/C13H17ClN2O4S/c1-3-7-16(8-9-20-2)13(17)12-10(14)5-4-6-11(12)21(15,18)19/h3-6H,1,7-9H2,2H3,(H2,15,18,19). The molecule has 0 saturated heterocycles. The predicted molar refractivity (Wildman–Crippen MR) is 80.8 cm³/mol. The second-order valence-corrected chi connectivity index (χ2v) is 6.13. The van der Waals surface area contributed by atoms with Crippen LogP contribution in [0.15, 0.2) is 35.7 Å². The van der Waals surface area contributed by atoms with Gasteiger partial charge in [-0.25, -0.2) is 13.6 Å². The van der Waals surface area contributed by atoms with E-state index in [9.17, 15) is 13.2 Å². The zero-order valence-electron chi connectivity index (χ0n) is 11.6. The number of primary sulfonamides is 1. The first-order valence-electron chi connectivity index (χ1n) is 6.03. The van der Waals surface area contributed by atoms with Gasteiger partial charge < -0.3 is 9.64 Å². The molecule has 0 aliphatic rings. The van der Waals surface area contributed by atoms with E-state index >= 15 is 0 Å². The molecule has 0 bridgehead atoms. The molecule has 8 heteroatoms. The molecule has 116 valence electrons. The summed E-state index contributed by atoms with van der Waals surface area (Å²) in [5.41, 5.74) is -0.139. The van der Waals surface area contributed by atoms with Gasteiger partial charge in [-0.3, -0.25) is 4.79 Å². The molecule has 1 aromatic carbocycles. The highest BCUT2D eigenvalue weighted by Gasteiger charge is 2.25. The Morgan fingerprint density at radius 3 is 2.71 bits per heavy atom. The van der Waals surface area contributed by atoms with Crippen molar-refractivity contribution in [1.82, 2.24) is 4.90 Å². The molecule has 1 aromatic rings. The summed E-state index contributed by atoms with van der Waals surface area (Å²) in [7, 11) is -2.56. The highest BCUT2D eigenvalue weighted by molar-refractivity contribution is 7.89. The number of nitrogens with two attached hydrogens (primary N) is 1. The summed E-state index contributed by atoms with van der Waals surface area (Å²) in [5.74, 6) is -0.540. The number of halogens is 1. The highest BCUT2D eigenvalue weighted by Crippen LogP contribution is 2.24. The molecule has 6 nitrogen and oxygen atoms in total. The molecule has 0 unspecified atom stereocenters. The molecule has 0 aliphatic heterocycles. The Bertz CT molecular complexity index is 631. The third-order valence-electron chi connectivity index (χ3n) is 2.70. The first-order chi connectivity index (χ1) is 9.82. The molecule has 0 saturated carbocycles. The SMILES string of the molecule is C=CCN(CCOC)C(=O)c1c(Cl)cccc1S(N)(=O)=O. The monoisotopic (exact) mass is 332 g/mol. The maximum absolute atomic E-state index is 12.5. The lowest BCUT2D eigenvalue weighted by atomic mass is 10.2. The van der Waals surface area contributed by atoms with Crippen LogP contribution in [0, 0.1) is 0 Å². The molecule has 1 amide bonds. The van der Waals surface area contributed by atoms with Gasteiger partial charge in [-0.05, 0) is 12.1 Å². The van der Waals surface area contributed by atoms with Crippen LogP contribution in [0.5, 0.6) is 0 Å². The van der Waals surface area contributed by atoms with Crippen LogP contribution >= 0.6 is 11.6 Å². The maximum atomic E-state index is 12.5. The molecule has 2 N–H and O–H groups in total. The smallest absolute Gasteiger partial charge is 0.257 e. The van der Waals surface area contributed by atoms with Gasteiger partial charge in [0.15, 0.2) is 0 Å². The summed E-state index contributed by atoms with van der Waals surface area (Å²) < 4.78 is 28.1. The molecule has 0 radical (unpaired) electrons. The molecule has 21 heavy (non-hydrogen) atoms. The second-order valence-electron chi connectivity index (χ2n) is 4.19. The average molecular weight is 333 g/mol. The molecule has 0 atom stereocenters. The van der Waals surface area contributed by atoms with E-state index in [1.165, 1.54) is 36.3 Å². The Morgan fingerprint density at radius 2 is 2.19 bits per heavy atom. The van der Waals surface area contributed by atoms with Gasteiger partial charge >= 0.3 is 0 Å². The Kier molecular flexibility index (Phi) is 6.35. The van der Waals surface area contributed by atoms with Crippen molar-refractivity contribution in [1.29, 1.82) is 0 Å². The Labute approximate surface area is 129 Å². The zero-order valence-corrected chi connectivity index (χ0v) is 13.2. The van der Waals surface area contributed by atoms with Crippen molar-refractivity contribution in [2.45, 2.75) is 4.90 Å². The van der Waals surface area contributed by atoms with Gasteiger partial charge in [0.05, 0.1) is 22.1 Å². The highest BCUT2D eigenvalue weighted by atomic mass is 35.5. The van der Waals surface area contributed by atoms with Gasteiger partial charge in [0, 0.05) is 20.2 Å². The van der Waals surface area contributed by atoms with Crippen LogP contribution in [0.1, 0.15) is 10.4 Å². The minimum absolute atomic E-state index is 0.0259. The Morgan fingerprint density at radius 1 is 1.52 bits per heavy atom. The number of rotatable bonds is 7. The van der Waals surface area contributed by atoms with Crippen LogP contribution < -0.4 is 5.14 Å². The van der Waals surface area contributed by atoms with Crippen LogP contribution in [0.25, 0.3) is 0 Å². The van der Waals surface area contributed by atoms with E-state index in [-0.39, 0.29) is 28.6 Å². The predicted octanol–water partition coefficient (Wildman–Crippen LogP) is 1.26. The molecule has 0 heterocycles. The minimum atomic E-state index is -4.06. The van der Waals surface area contributed by atoms with Crippen LogP contribution in [-0.2, 0) is 14.8 Å². The summed E-state index contributed by atoms with van der Waals surface area (Å²) in [5, 5.41) is 5.16. The molecular formula is C13H17ClN2O4S. The zero-order chi connectivity index (χ0) is 16.0. The molecule has 0 fully saturated rings. The number of sulfonamides is 1. The number of benzene rings is 1. The van der Waals surface area contributed by atoms with Gasteiger partial charge in [0.2, 0.25) is 10.0 Å². The summed E-state index contributed by atoms with van der Waals surface area (Å²) in [6.07, 6.45) is 1.53. The number of amides is 1. The number of hydrogen-bond acceptors (Lipinski definition) is 4. The van der Waals surface area contributed by atoms with Crippen molar-refractivity contribution in [3.05, 3.63) is 41.4 Å². The number of methoxy groups -OCH3 is 1. The van der Waals surface area contributed by atoms with Gasteiger partial charge in [-0.15, -0.1) is 6.58 Å².